The number of nitrogens with zero attached hydrogens (tertiary/aromatic N) is 3. The Labute approximate surface area is 192 Å². The van der Waals surface area contributed by atoms with Crippen LogP contribution in [-0.2, 0) is 33.9 Å². The van der Waals surface area contributed by atoms with E-state index in [1.54, 1.807) is 19.1 Å². The minimum Gasteiger partial charge on any atom is -0.591 e. The maximum Gasteiger partial charge on any atom is 0.326 e. The number of aryl methyl sites for hydroxylation is 1. The van der Waals surface area contributed by atoms with Crippen molar-refractivity contribution in [2.45, 2.75) is 51.8 Å². The van der Waals surface area contributed by atoms with Gasteiger partial charge in [-0.15, -0.1) is 0 Å². The molecule has 2 rings (SSSR count). The van der Waals surface area contributed by atoms with Crippen molar-refractivity contribution in [3.8, 4) is 0 Å². The third kappa shape index (κ3) is 7.26. The second kappa shape index (κ2) is 11.0. The third-order valence-corrected chi connectivity index (χ3v) is 6.38. The van der Waals surface area contributed by atoms with E-state index in [0.717, 1.165) is 4.57 Å². The van der Waals surface area contributed by atoms with Gasteiger partial charge in [0.2, 0.25) is 0 Å². The Morgan fingerprint density at radius 3 is 2.55 bits per heavy atom. The van der Waals surface area contributed by atoms with Crippen LogP contribution in [-0.4, -0.2) is 37.1 Å². The summed E-state index contributed by atoms with van der Waals surface area (Å²) < 4.78 is 36.0. The standard InChI is InChI=1S/C21H25BrFN3O4S/c1-5-30-18(27)12-26-13-24-17(19(22)20(26)28)11-10-16(25-31(29)21(2,3)4)14-6-8-15(23)9-7-14/h6-9,13H,5,10-12H2,1-4H3/b25-16+/t31-/m1/s1. The molecule has 0 radical (unpaired) electrons. The van der Waals surface area contributed by atoms with E-state index in [4.69, 9.17) is 4.74 Å². The number of esters is 1. The monoisotopic (exact) mass is 513 g/mol. The predicted molar refractivity (Wildman–Crippen MR) is 122 cm³/mol. The summed E-state index contributed by atoms with van der Waals surface area (Å²) in [5, 5.41) is 0. The number of benzene rings is 1. The van der Waals surface area contributed by atoms with E-state index < -0.39 is 27.6 Å². The maximum absolute atomic E-state index is 13.3. The van der Waals surface area contributed by atoms with E-state index in [1.807, 2.05) is 20.8 Å². The van der Waals surface area contributed by atoms with Crippen LogP contribution in [0.2, 0.25) is 0 Å². The molecule has 0 N–H and O–H groups in total. The Morgan fingerprint density at radius 1 is 1.32 bits per heavy atom. The van der Waals surface area contributed by atoms with Crippen molar-refractivity contribution in [2.24, 2.45) is 4.40 Å². The largest absolute Gasteiger partial charge is 0.591 e. The highest BCUT2D eigenvalue weighted by molar-refractivity contribution is 9.10. The molecule has 0 aliphatic carbocycles. The fraction of sp³-hybridized carbons (Fsp3) is 0.429. The SMILES string of the molecule is CCOC(=O)Cn1cnc(CC/C(=N\[S@+]([O-])C(C)(C)C)c2ccc(F)cc2)c(Br)c1=O. The Kier molecular flexibility index (Phi) is 8.96. The molecule has 0 unspecified atom stereocenters. The molecule has 10 heteroatoms. The molecule has 1 heterocycles. The first-order valence-electron chi connectivity index (χ1n) is 9.67. The number of rotatable bonds is 8. The third-order valence-electron chi connectivity index (χ3n) is 4.15. The Morgan fingerprint density at radius 2 is 1.97 bits per heavy atom. The maximum atomic E-state index is 13.3. The van der Waals surface area contributed by atoms with Crippen molar-refractivity contribution in [3.63, 3.8) is 0 Å². The molecule has 2 aromatic rings. The number of carbonyl (C=O) groups excluding carboxylic acids is 1. The predicted octanol–water partition coefficient (Wildman–Crippen LogP) is 3.59. The van der Waals surface area contributed by atoms with Crippen molar-refractivity contribution in [1.29, 1.82) is 0 Å². The molecular formula is C21H25BrFN3O4S. The van der Waals surface area contributed by atoms with E-state index in [9.17, 15) is 18.5 Å². The van der Waals surface area contributed by atoms with Crippen LogP contribution in [0.5, 0.6) is 0 Å². The van der Waals surface area contributed by atoms with E-state index in [1.165, 1.54) is 18.5 Å². The van der Waals surface area contributed by atoms with Crippen LogP contribution in [0, 0.1) is 5.82 Å². The molecule has 0 spiro atoms. The quantitative estimate of drug-likeness (QED) is 0.305. The van der Waals surface area contributed by atoms with Crippen LogP contribution < -0.4 is 5.56 Å². The van der Waals surface area contributed by atoms with Gasteiger partial charge in [0.05, 0.1) is 24.3 Å². The van der Waals surface area contributed by atoms with Gasteiger partial charge < -0.3 is 9.29 Å². The first-order chi connectivity index (χ1) is 14.5. The van der Waals surface area contributed by atoms with Gasteiger partial charge >= 0.3 is 5.97 Å². The van der Waals surface area contributed by atoms with Crippen LogP contribution in [0.25, 0.3) is 0 Å². The van der Waals surface area contributed by atoms with Crippen LogP contribution in [0.3, 0.4) is 0 Å². The molecule has 0 aliphatic heterocycles. The van der Waals surface area contributed by atoms with Gasteiger partial charge in [0.1, 0.15) is 32.9 Å². The zero-order valence-electron chi connectivity index (χ0n) is 17.9. The molecule has 0 saturated heterocycles. The molecule has 0 amide bonds. The lowest BCUT2D eigenvalue weighted by Gasteiger charge is -2.19. The topological polar surface area (TPSA) is 96.6 Å². The number of hydrogen-bond acceptors (Lipinski definition) is 6. The zero-order chi connectivity index (χ0) is 23.2. The van der Waals surface area contributed by atoms with E-state index >= 15 is 0 Å². The van der Waals surface area contributed by atoms with Gasteiger partial charge in [-0.3, -0.25) is 14.2 Å². The number of halogens is 2. The van der Waals surface area contributed by atoms with E-state index in [0.29, 0.717) is 29.8 Å². The number of carbonyl (C=O) groups is 1. The Bertz CT molecular complexity index is 1000. The number of ether oxygens (including phenoxy) is 1. The summed E-state index contributed by atoms with van der Waals surface area (Å²) in [6.45, 7) is 7.13. The van der Waals surface area contributed by atoms with Gasteiger partial charge in [-0.25, -0.2) is 9.37 Å². The highest BCUT2D eigenvalue weighted by Crippen LogP contribution is 2.21. The summed E-state index contributed by atoms with van der Waals surface area (Å²) in [6, 6.07) is 5.78. The average molecular weight is 514 g/mol. The zero-order valence-corrected chi connectivity index (χ0v) is 20.3. The molecule has 0 aliphatic rings. The molecule has 0 bridgehead atoms. The summed E-state index contributed by atoms with van der Waals surface area (Å²) in [6.07, 6.45) is 1.95. The Balaban J connectivity index is 2.27. The normalized spacial score (nSPS) is 13.2. The minimum absolute atomic E-state index is 0.224. The van der Waals surface area contributed by atoms with Crippen LogP contribution >= 0.6 is 15.9 Å². The molecule has 0 fully saturated rings. The summed E-state index contributed by atoms with van der Waals surface area (Å²) in [5.41, 5.74) is 1.24. The van der Waals surface area contributed by atoms with Crippen LogP contribution in [0.4, 0.5) is 4.39 Å². The van der Waals surface area contributed by atoms with Gasteiger partial charge in [0.15, 0.2) is 0 Å². The van der Waals surface area contributed by atoms with Gasteiger partial charge in [-0.1, -0.05) is 16.5 Å². The second-order valence-corrected chi connectivity index (χ2v) is 10.3. The first-order valence-corrected chi connectivity index (χ1v) is 11.6. The molecule has 168 valence electrons. The van der Waals surface area contributed by atoms with Crippen molar-refractivity contribution >= 4 is 39.0 Å². The van der Waals surface area contributed by atoms with Crippen molar-refractivity contribution in [2.75, 3.05) is 6.61 Å². The number of aromatic nitrogens is 2. The highest BCUT2D eigenvalue weighted by Gasteiger charge is 2.27. The Hall–Kier alpha value is -2.04. The molecule has 1 aromatic carbocycles. The number of hydrogen-bond donors (Lipinski definition) is 0. The lowest BCUT2D eigenvalue weighted by Crippen LogP contribution is -2.28. The molecule has 7 nitrogen and oxygen atoms in total. The minimum atomic E-state index is -1.51. The van der Waals surface area contributed by atoms with Crippen LogP contribution in [0.1, 0.15) is 45.4 Å². The first kappa shape index (κ1) is 25.2. The summed E-state index contributed by atoms with van der Waals surface area (Å²) >= 11 is 1.75. The summed E-state index contributed by atoms with van der Waals surface area (Å²) in [4.78, 5) is 28.5. The van der Waals surface area contributed by atoms with Crippen molar-refractivity contribution in [3.05, 3.63) is 62.5 Å². The fourth-order valence-corrected chi connectivity index (χ4v) is 3.69. The summed E-state index contributed by atoms with van der Waals surface area (Å²) in [7, 11) is 0. The van der Waals surface area contributed by atoms with Gasteiger partial charge in [0.25, 0.3) is 5.56 Å². The highest BCUT2D eigenvalue weighted by atomic mass is 79.9. The summed E-state index contributed by atoms with van der Waals surface area (Å²) in [5.74, 6) is -0.906. The molecule has 1 atom stereocenters. The average Bonchev–Trinajstić information content (AvgIpc) is 2.70. The van der Waals surface area contributed by atoms with Crippen molar-refractivity contribution in [1.82, 2.24) is 9.55 Å². The van der Waals surface area contributed by atoms with E-state index in [2.05, 4.69) is 25.3 Å². The molecular weight excluding hydrogens is 489 g/mol. The molecule has 31 heavy (non-hydrogen) atoms. The second-order valence-electron chi connectivity index (χ2n) is 7.65. The van der Waals surface area contributed by atoms with Crippen LogP contribution in [0.15, 0.2) is 44.3 Å². The smallest absolute Gasteiger partial charge is 0.326 e. The fourth-order valence-electron chi connectivity index (χ4n) is 2.49. The molecule has 1 aromatic heterocycles. The van der Waals surface area contributed by atoms with Gasteiger partial charge in [0, 0.05) is 12.0 Å². The lowest BCUT2D eigenvalue weighted by molar-refractivity contribution is -0.143. The lowest BCUT2D eigenvalue weighted by atomic mass is 10.0. The molecule has 0 saturated carbocycles. The van der Waals surface area contributed by atoms with E-state index in [-0.39, 0.29) is 23.4 Å². The van der Waals surface area contributed by atoms with Gasteiger partial charge in [-0.2, -0.15) is 0 Å². The van der Waals surface area contributed by atoms with Gasteiger partial charge in [-0.05, 0) is 62.2 Å². The van der Waals surface area contributed by atoms with Crippen molar-refractivity contribution < 1.29 is 18.5 Å².